The van der Waals surface area contributed by atoms with E-state index in [0.717, 1.165) is 32.0 Å². The van der Waals surface area contributed by atoms with Gasteiger partial charge >= 0.3 is 0 Å². The van der Waals surface area contributed by atoms with Gasteiger partial charge in [0.05, 0.1) is 17.7 Å². The topological polar surface area (TPSA) is 45.5 Å². The van der Waals surface area contributed by atoms with Crippen molar-refractivity contribution < 1.29 is 9.47 Å². The molecule has 108 valence electrons. The molecule has 2 rings (SSSR count). The molecule has 0 spiro atoms. The number of benzene rings is 1. The molecule has 1 aliphatic heterocycles. The Bertz CT molecular complexity index is 433. The fourth-order valence-corrected chi connectivity index (χ4v) is 2.37. The standard InChI is InChI=1S/C16H22N2O2/c1-2-18(13-16-4-3-10-19-16)9-11-20-15-7-5-14(12-17)6-8-15/h5-8,16H,2-4,9-11,13H2,1H3. The summed E-state index contributed by atoms with van der Waals surface area (Å²) in [5.74, 6) is 0.817. The Hall–Kier alpha value is -1.57. The van der Waals surface area contributed by atoms with Crippen LogP contribution in [0.4, 0.5) is 0 Å². The van der Waals surface area contributed by atoms with E-state index in [9.17, 15) is 0 Å². The maximum Gasteiger partial charge on any atom is 0.119 e. The Labute approximate surface area is 120 Å². The van der Waals surface area contributed by atoms with Crippen molar-refractivity contribution in [3.05, 3.63) is 29.8 Å². The van der Waals surface area contributed by atoms with Crippen molar-refractivity contribution in [2.75, 3.05) is 32.8 Å². The van der Waals surface area contributed by atoms with E-state index in [1.807, 2.05) is 12.1 Å². The molecular formula is C16H22N2O2. The van der Waals surface area contributed by atoms with E-state index in [-0.39, 0.29) is 0 Å². The van der Waals surface area contributed by atoms with Crippen LogP contribution in [0.2, 0.25) is 0 Å². The molecule has 1 aromatic rings. The second-order valence-electron chi connectivity index (χ2n) is 5.01. The Morgan fingerprint density at radius 1 is 1.40 bits per heavy atom. The number of ether oxygens (including phenoxy) is 2. The average molecular weight is 274 g/mol. The van der Waals surface area contributed by atoms with Crippen molar-refractivity contribution in [1.29, 1.82) is 5.26 Å². The molecule has 1 fully saturated rings. The van der Waals surface area contributed by atoms with Crippen LogP contribution in [0.25, 0.3) is 0 Å². The molecule has 0 radical (unpaired) electrons. The predicted octanol–water partition coefficient (Wildman–Crippen LogP) is 2.44. The summed E-state index contributed by atoms with van der Waals surface area (Å²) in [6, 6.07) is 9.34. The highest BCUT2D eigenvalue weighted by atomic mass is 16.5. The summed E-state index contributed by atoms with van der Waals surface area (Å²) < 4.78 is 11.4. The largest absolute Gasteiger partial charge is 0.492 e. The maximum atomic E-state index is 8.74. The molecule has 4 heteroatoms. The molecule has 1 aromatic carbocycles. The first kappa shape index (κ1) is 14.8. The molecule has 1 unspecified atom stereocenters. The van der Waals surface area contributed by atoms with Gasteiger partial charge in [0, 0.05) is 19.7 Å². The number of hydrogen-bond donors (Lipinski definition) is 0. The maximum absolute atomic E-state index is 8.74. The highest BCUT2D eigenvalue weighted by Gasteiger charge is 2.18. The monoisotopic (exact) mass is 274 g/mol. The Balaban J connectivity index is 1.71. The van der Waals surface area contributed by atoms with E-state index in [0.29, 0.717) is 18.3 Å². The smallest absolute Gasteiger partial charge is 0.119 e. The van der Waals surface area contributed by atoms with Crippen molar-refractivity contribution >= 4 is 0 Å². The number of nitrogens with zero attached hydrogens (tertiary/aromatic N) is 2. The van der Waals surface area contributed by atoms with Crippen molar-refractivity contribution in [3.63, 3.8) is 0 Å². The fraction of sp³-hybridized carbons (Fsp3) is 0.562. The van der Waals surface area contributed by atoms with E-state index in [1.54, 1.807) is 12.1 Å². The summed E-state index contributed by atoms with van der Waals surface area (Å²) in [6.45, 7) is 6.63. The van der Waals surface area contributed by atoms with Crippen LogP contribution in [0, 0.1) is 11.3 Å². The summed E-state index contributed by atoms with van der Waals surface area (Å²) in [6.07, 6.45) is 2.75. The first-order chi connectivity index (χ1) is 9.81. The second kappa shape index (κ2) is 7.88. The molecule has 0 N–H and O–H groups in total. The summed E-state index contributed by atoms with van der Waals surface area (Å²) in [7, 11) is 0. The van der Waals surface area contributed by atoms with Gasteiger partial charge in [-0.25, -0.2) is 0 Å². The first-order valence-electron chi connectivity index (χ1n) is 7.28. The zero-order valence-corrected chi connectivity index (χ0v) is 12.0. The lowest BCUT2D eigenvalue weighted by Gasteiger charge is -2.23. The van der Waals surface area contributed by atoms with Crippen LogP contribution in [0.3, 0.4) is 0 Å². The van der Waals surface area contributed by atoms with Gasteiger partial charge < -0.3 is 9.47 Å². The van der Waals surface area contributed by atoms with Gasteiger partial charge in [-0.2, -0.15) is 5.26 Å². The summed E-state index contributed by atoms with van der Waals surface area (Å²) in [5.41, 5.74) is 0.658. The average Bonchev–Trinajstić information content (AvgIpc) is 3.00. The molecule has 1 saturated heterocycles. The van der Waals surface area contributed by atoms with E-state index in [1.165, 1.54) is 12.8 Å². The fourth-order valence-electron chi connectivity index (χ4n) is 2.37. The summed E-state index contributed by atoms with van der Waals surface area (Å²) in [5, 5.41) is 8.74. The van der Waals surface area contributed by atoms with Gasteiger partial charge in [0.25, 0.3) is 0 Å². The molecule has 1 heterocycles. The number of rotatable bonds is 7. The van der Waals surface area contributed by atoms with E-state index in [2.05, 4.69) is 17.9 Å². The molecule has 0 aromatic heterocycles. The minimum absolute atomic E-state index is 0.393. The van der Waals surface area contributed by atoms with Crippen molar-refractivity contribution in [1.82, 2.24) is 4.90 Å². The van der Waals surface area contributed by atoms with Crippen molar-refractivity contribution in [3.8, 4) is 11.8 Å². The van der Waals surface area contributed by atoms with Gasteiger partial charge in [0.1, 0.15) is 12.4 Å². The predicted molar refractivity (Wildman–Crippen MR) is 77.7 cm³/mol. The highest BCUT2D eigenvalue weighted by molar-refractivity contribution is 5.34. The van der Waals surface area contributed by atoms with Gasteiger partial charge in [0.2, 0.25) is 0 Å². The lowest BCUT2D eigenvalue weighted by Crippen LogP contribution is -2.35. The number of likely N-dealkylation sites (N-methyl/N-ethyl adjacent to an activating group) is 1. The Morgan fingerprint density at radius 2 is 2.20 bits per heavy atom. The summed E-state index contributed by atoms with van der Waals surface area (Å²) in [4.78, 5) is 2.36. The van der Waals surface area contributed by atoms with E-state index < -0.39 is 0 Å². The van der Waals surface area contributed by atoms with Crippen LogP contribution in [0.5, 0.6) is 5.75 Å². The van der Waals surface area contributed by atoms with Crippen LogP contribution < -0.4 is 4.74 Å². The minimum atomic E-state index is 0.393. The quantitative estimate of drug-likeness (QED) is 0.766. The Kier molecular flexibility index (Phi) is 5.85. The third kappa shape index (κ3) is 4.52. The molecule has 0 amide bonds. The molecule has 0 aliphatic carbocycles. The zero-order valence-electron chi connectivity index (χ0n) is 12.0. The molecule has 20 heavy (non-hydrogen) atoms. The summed E-state index contributed by atoms with van der Waals surface area (Å²) >= 11 is 0. The highest BCUT2D eigenvalue weighted by Crippen LogP contribution is 2.14. The lowest BCUT2D eigenvalue weighted by atomic mass is 10.2. The SMILES string of the molecule is CCN(CCOc1ccc(C#N)cc1)CC1CCCO1. The van der Waals surface area contributed by atoms with Crippen LogP contribution in [0.15, 0.2) is 24.3 Å². The first-order valence-corrected chi connectivity index (χ1v) is 7.28. The Morgan fingerprint density at radius 3 is 2.80 bits per heavy atom. The van der Waals surface area contributed by atoms with Gasteiger partial charge in [-0.05, 0) is 43.7 Å². The van der Waals surface area contributed by atoms with Crippen LogP contribution in [0.1, 0.15) is 25.3 Å². The van der Waals surface area contributed by atoms with Crippen LogP contribution >= 0.6 is 0 Å². The lowest BCUT2D eigenvalue weighted by molar-refractivity contribution is 0.0701. The van der Waals surface area contributed by atoms with Crippen molar-refractivity contribution in [2.45, 2.75) is 25.9 Å². The molecular weight excluding hydrogens is 252 g/mol. The normalized spacial score (nSPS) is 18.1. The van der Waals surface area contributed by atoms with Gasteiger partial charge in [-0.15, -0.1) is 0 Å². The molecule has 1 aliphatic rings. The van der Waals surface area contributed by atoms with Gasteiger partial charge in [-0.3, -0.25) is 4.90 Å². The van der Waals surface area contributed by atoms with E-state index in [4.69, 9.17) is 14.7 Å². The number of hydrogen-bond acceptors (Lipinski definition) is 4. The zero-order chi connectivity index (χ0) is 14.2. The number of nitriles is 1. The second-order valence-corrected chi connectivity index (χ2v) is 5.01. The third-order valence-corrected chi connectivity index (χ3v) is 3.59. The van der Waals surface area contributed by atoms with Crippen molar-refractivity contribution in [2.24, 2.45) is 0 Å². The third-order valence-electron chi connectivity index (χ3n) is 3.59. The van der Waals surface area contributed by atoms with Gasteiger partial charge in [0.15, 0.2) is 0 Å². The molecule has 4 nitrogen and oxygen atoms in total. The molecule has 0 bridgehead atoms. The van der Waals surface area contributed by atoms with Gasteiger partial charge in [-0.1, -0.05) is 6.92 Å². The molecule has 0 saturated carbocycles. The van der Waals surface area contributed by atoms with Crippen LogP contribution in [-0.2, 0) is 4.74 Å². The minimum Gasteiger partial charge on any atom is -0.492 e. The van der Waals surface area contributed by atoms with E-state index >= 15 is 0 Å². The molecule has 1 atom stereocenters. The van der Waals surface area contributed by atoms with Crippen LogP contribution in [-0.4, -0.2) is 43.9 Å².